The number of halogens is 1. The minimum atomic E-state index is -0.648. The molecule has 0 radical (unpaired) electrons. The molecule has 0 bridgehead atoms. The molecule has 0 amide bonds. The second-order valence-corrected chi connectivity index (χ2v) is 7.45. The highest BCUT2D eigenvalue weighted by molar-refractivity contribution is 5.95. The molecule has 1 aliphatic carbocycles. The summed E-state index contributed by atoms with van der Waals surface area (Å²) in [6, 6.07) is 4.02. The number of likely N-dealkylation sites (tertiary alicyclic amines) is 1. The van der Waals surface area contributed by atoms with Crippen LogP contribution in [0.4, 0.5) is 10.1 Å². The summed E-state index contributed by atoms with van der Waals surface area (Å²) in [7, 11) is 3.64. The molecule has 1 aromatic carbocycles. The summed E-state index contributed by atoms with van der Waals surface area (Å²) in [5.41, 5.74) is 4.65. The van der Waals surface area contributed by atoms with Crippen LogP contribution in [0, 0.1) is 0 Å². The monoisotopic (exact) mass is 373 g/mol. The number of ether oxygens (including phenoxy) is 2. The number of hydrogen-bond donors (Lipinski definition) is 1. The predicted molar refractivity (Wildman–Crippen MR) is 106 cm³/mol. The molecule has 0 atom stereocenters. The molecule has 6 heteroatoms. The zero-order chi connectivity index (χ0) is 18.8. The Morgan fingerprint density at radius 1 is 1.22 bits per heavy atom. The van der Waals surface area contributed by atoms with Crippen molar-refractivity contribution in [3.05, 3.63) is 23.4 Å². The van der Waals surface area contributed by atoms with Gasteiger partial charge in [0.2, 0.25) is 0 Å². The Bertz CT molecular complexity index is 821. The number of anilines is 1. The van der Waals surface area contributed by atoms with Crippen LogP contribution in [-0.4, -0.2) is 56.5 Å². The van der Waals surface area contributed by atoms with E-state index in [0.29, 0.717) is 19.7 Å². The van der Waals surface area contributed by atoms with Gasteiger partial charge in [-0.25, -0.2) is 4.39 Å². The van der Waals surface area contributed by atoms with Crippen molar-refractivity contribution in [1.82, 2.24) is 9.88 Å². The van der Waals surface area contributed by atoms with Gasteiger partial charge in [0.1, 0.15) is 6.17 Å². The molecule has 0 unspecified atom stereocenters. The van der Waals surface area contributed by atoms with Gasteiger partial charge in [-0.1, -0.05) is 0 Å². The maximum absolute atomic E-state index is 12.9. The van der Waals surface area contributed by atoms with Crippen molar-refractivity contribution >= 4 is 16.6 Å². The number of pyridine rings is 1. The molecule has 146 valence electrons. The molecule has 1 aliphatic heterocycles. The maximum Gasteiger partial charge on any atom is 0.163 e. The van der Waals surface area contributed by atoms with Crippen LogP contribution in [0.25, 0.3) is 10.9 Å². The molecule has 1 fully saturated rings. The third kappa shape index (κ3) is 3.68. The molecule has 2 heterocycles. The van der Waals surface area contributed by atoms with Gasteiger partial charge < -0.3 is 14.8 Å². The average molecular weight is 373 g/mol. The minimum absolute atomic E-state index is 0.557. The summed E-state index contributed by atoms with van der Waals surface area (Å²) in [6.07, 6.45) is 4.74. The summed E-state index contributed by atoms with van der Waals surface area (Å²) < 4.78 is 24.4. The van der Waals surface area contributed by atoms with Gasteiger partial charge in [0.25, 0.3) is 0 Å². The van der Waals surface area contributed by atoms with Gasteiger partial charge >= 0.3 is 0 Å². The third-order valence-corrected chi connectivity index (χ3v) is 5.59. The van der Waals surface area contributed by atoms with Crippen molar-refractivity contribution in [3.63, 3.8) is 0 Å². The first-order valence-corrected chi connectivity index (χ1v) is 9.90. The van der Waals surface area contributed by atoms with Gasteiger partial charge in [-0.2, -0.15) is 0 Å². The number of methoxy groups -OCH3 is 1. The molecule has 2 aliphatic rings. The lowest BCUT2D eigenvalue weighted by Gasteiger charge is -2.34. The van der Waals surface area contributed by atoms with Crippen molar-refractivity contribution in [2.75, 3.05) is 45.7 Å². The minimum Gasteiger partial charge on any atom is -0.493 e. The Hall–Kier alpha value is -2.08. The number of aryl methyl sites for hydroxylation is 1. The van der Waals surface area contributed by atoms with E-state index >= 15 is 0 Å². The molecule has 1 aromatic heterocycles. The average Bonchev–Trinajstić information content (AvgIpc) is 2.67. The number of rotatable bonds is 7. The molecular weight excluding hydrogens is 345 g/mol. The highest BCUT2D eigenvalue weighted by Crippen LogP contribution is 2.39. The van der Waals surface area contributed by atoms with Crippen LogP contribution >= 0.6 is 0 Å². The molecule has 1 saturated heterocycles. The largest absolute Gasteiger partial charge is 0.493 e. The van der Waals surface area contributed by atoms with E-state index in [9.17, 15) is 4.39 Å². The van der Waals surface area contributed by atoms with E-state index in [1.54, 1.807) is 7.11 Å². The lowest BCUT2D eigenvalue weighted by Crippen LogP contribution is -2.48. The molecule has 27 heavy (non-hydrogen) atoms. The Balaban J connectivity index is 1.55. The van der Waals surface area contributed by atoms with Crippen LogP contribution < -0.4 is 14.8 Å². The maximum atomic E-state index is 12.9. The third-order valence-electron chi connectivity index (χ3n) is 5.59. The summed E-state index contributed by atoms with van der Waals surface area (Å²) in [4.78, 5) is 7.03. The van der Waals surface area contributed by atoms with Crippen molar-refractivity contribution < 1.29 is 13.9 Å². The van der Waals surface area contributed by atoms with E-state index in [1.165, 1.54) is 24.1 Å². The lowest BCUT2D eigenvalue weighted by atomic mass is 9.92. The standard InChI is InChI=1S/C21H28FN3O2/c1-23-21-15-6-3-4-7-17(15)24-18-11-20(19(26-2)10-16(18)21)27-9-5-8-25-12-14(22)13-25/h10-11,14H,3-9,12-13H2,1-2H3,(H,23,24). The fraction of sp³-hybridized carbons (Fsp3) is 0.571. The number of nitrogens with one attached hydrogen (secondary N) is 1. The predicted octanol–water partition coefficient (Wildman–Crippen LogP) is 3.59. The molecular formula is C21H28FN3O2. The number of aromatic nitrogens is 1. The number of nitrogens with zero attached hydrogens (tertiary/aromatic N) is 2. The second kappa shape index (κ2) is 7.89. The van der Waals surface area contributed by atoms with Gasteiger partial charge in [-0.3, -0.25) is 9.88 Å². The Labute approximate surface area is 159 Å². The Kier molecular flexibility index (Phi) is 5.34. The summed E-state index contributed by atoms with van der Waals surface area (Å²) in [5.74, 6) is 1.45. The van der Waals surface area contributed by atoms with Crippen molar-refractivity contribution in [3.8, 4) is 11.5 Å². The van der Waals surface area contributed by atoms with Crippen molar-refractivity contribution in [2.45, 2.75) is 38.3 Å². The number of benzene rings is 1. The van der Waals surface area contributed by atoms with Gasteiger partial charge in [-0.05, 0) is 43.7 Å². The number of fused-ring (bicyclic) bond motifs is 2. The zero-order valence-corrected chi connectivity index (χ0v) is 16.2. The summed E-state index contributed by atoms with van der Waals surface area (Å²) in [5, 5.41) is 4.46. The van der Waals surface area contributed by atoms with Crippen LogP contribution in [0.15, 0.2) is 12.1 Å². The fourth-order valence-electron chi connectivity index (χ4n) is 4.15. The molecule has 0 spiro atoms. The van der Waals surface area contributed by atoms with Gasteiger partial charge in [0.15, 0.2) is 11.5 Å². The van der Waals surface area contributed by atoms with E-state index in [2.05, 4.69) is 10.2 Å². The second-order valence-electron chi connectivity index (χ2n) is 7.45. The Morgan fingerprint density at radius 2 is 2.04 bits per heavy atom. The SMILES string of the molecule is CNc1c2c(nc3cc(OCCCN4CC(F)C4)c(OC)cc13)CCCC2. The summed E-state index contributed by atoms with van der Waals surface area (Å²) in [6.45, 7) is 2.56. The highest BCUT2D eigenvalue weighted by Gasteiger charge is 2.25. The number of alkyl halides is 1. The molecule has 1 N–H and O–H groups in total. The van der Waals surface area contributed by atoms with Crippen LogP contribution in [0.2, 0.25) is 0 Å². The quantitative estimate of drug-likeness (QED) is 0.752. The van der Waals surface area contributed by atoms with Gasteiger partial charge in [-0.15, -0.1) is 0 Å². The van der Waals surface area contributed by atoms with E-state index < -0.39 is 6.17 Å². The topological polar surface area (TPSA) is 46.6 Å². The highest BCUT2D eigenvalue weighted by atomic mass is 19.1. The van der Waals surface area contributed by atoms with E-state index in [-0.39, 0.29) is 0 Å². The van der Waals surface area contributed by atoms with E-state index in [0.717, 1.165) is 53.9 Å². The molecule has 4 rings (SSSR count). The van der Waals surface area contributed by atoms with E-state index in [4.69, 9.17) is 14.5 Å². The van der Waals surface area contributed by atoms with Gasteiger partial charge in [0, 0.05) is 49.5 Å². The zero-order valence-electron chi connectivity index (χ0n) is 16.2. The lowest BCUT2D eigenvalue weighted by molar-refractivity contribution is 0.0611. The van der Waals surface area contributed by atoms with Crippen LogP contribution in [0.1, 0.15) is 30.5 Å². The molecule has 5 nitrogen and oxygen atoms in total. The van der Waals surface area contributed by atoms with Crippen molar-refractivity contribution in [1.29, 1.82) is 0 Å². The van der Waals surface area contributed by atoms with Crippen LogP contribution in [0.3, 0.4) is 0 Å². The molecule has 0 saturated carbocycles. The fourth-order valence-corrected chi connectivity index (χ4v) is 4.15. The van der Waals surface area contributed by atoms with E-state index in [1.807, 2.05) is 19.2 Å². The normalized spacial score (nSPS) is 17.4. The molecule has 2 aromatic rings. The van der Waals surface area contributed by atoms with Crippen molar-refractivity contribution in [2.24, 2.45) is 0 Å². The smallest absolute Gasteiger partial charge is 0.163 e. The first-order valence-electron chi connectivity index (χ1n) is 9.90. The van der Waals surface area contributed by atoms with Gasteiger partial charge in [0.05, 0.1) is 19.2 Å². The Morgan fingerprint density at radius 3 is 2.78 bits per heavy atom. The summed E-state index contributed by atoms with van der Waals surface area (Å²) >= 11 is 0. The first kappa shape index (κ1) is 18.3. The first-order chi connectivity index (χ1) is 13.2. The number of hydrogen-bond acceptors (Lipinski definition) is 5. The van der Waals surface area contributed by atoms with Crippen LogP contribution in [0.5, 0.6) is 11.5 Å². The van der Waals surface area contributed by atoms with Crippen LogP contribution in [-0.2, 0) is 12.8 Å².